The number of rotatable bonds is 1. The molecule has 2 aliphatic rings. The lowest BCUT2D eigenvalue weighted by Gasteiger charge is -2.33. The van der Waals surface area contributed by atoms with Gasteiger partial charge in [0.05, 0.1) is 11.5 Å². The zero-order chi connectivity index (χ0) is 10.9. The molecule has 1 unspecified atom stereocenters. The molecule has 2 fully saturated rings. The minimum atomic E-state index is -2.77. The Kier molecular flexibility index (Phi) is 3.08. The van der Waals surface area contributed by atoms with Crippen LogP contribution in [0.3, 0.4) is 0 Å². The molecular formula is C11H21NO2S. The third-order valence-corrected chi connectivity index (χ3v) is 5.85. The summed E-state index contributed by atoms with van der Waals surface area (Å²) in [6.07, 6.45) is 7.70. The quantitative estimate of drug-likeness (QED) is 0.695. The van der Waals surface area contributed by atoms with Crippen molar-refractivity contribution < 1.29 is 8.42 Å². The summed E-state index contributed by atoms with van der Waals surface area (Å²) >= 11 is 0. The normalized spacial score (nSPS) is 34.9. The van der Waals surface area contributed by atoms with Gasteiger partial charge >= 0.3 is 0 Å². The van der Waals surface area contributed by atoms with Gasteiger partial charge in [-0.2, -0.15) is 0 Å². The Balaban J connectivity index is 2.08. The Hall–Kier alpha value is -0.0900. The maximum absolute atomic E-state index is 11.5. The van der Waals surface area contributed by atoms with Crippen molar-refractivity contribution >= 4 is 9.84 Å². The Morgan fingerprint density at radius 1 is 1.07 bits per heavy atom. The third-order valence-electron chi connectivity index (χ3n) is 4.08. The van der Waals surface area contributed by atoms with Crippen LogP contribution in [-0.2, 0) is 9.84 Å². The summed E-state index contributed by atoms with van der Waals surface area (Å²) < 4.78 is 22.9. The van der Waals surface area contributed by atoms with Crippen LogP contribution < -0.4 is 5.73 Å². The predicted molar refractivity (Wildman–Crippen MR) is 61.4 cm³/mol. The average Bonchev–Trinajstić information content (AvgIpc) is 2.40. The number of nitrogens with two attached hydrogens (primary N) is 1. The fraction of sp³-hybridized carbons (Fsp3) is 1.00. The van der Waals surface area contributed by atoms with E-state index in [1.807, 2.05) is 0 Å². The van der Waals surface area contributed by atoms with E-state index in [0.717, 1.165) is 19.3 Å². The van der Waals surface area contributed by atoms with Gasteiger partial charge < -0.3 is 5.73 Å². The molecule has 88 valence electrons. The first-order valence-corrected chi connectivity index (χ1v) is 7.83. The van der Waals surface area contributed by atoms with Gasteiger partial charge in [-0.05, 0) is 25.2 Å². The second-order valence-electron chi connectivity index (χ2n) is 5.25. The molecule has 1 saturated carbocycles. The predicted octanol–water partition coefficient (Wildman–Crippen LogP) is 1.47. The molecule has 15 heavy (non-hydrogen) atoms. The number of hydrogen-bond acceptors (Lipinski definition) is 3. The Morgan fingerprint density at radius 3 is 2.13 bits per heavy atom. The van der Waals surface area contributed by atoms with Crippen molar-refractivity contribution in [3.8, 4) is 0 Å². The summed E-state index contributed by atoms with van der Waals surface area (Å²) in [5.74, 6) is 0.917. The monoisotopic (exact) mass is 231 g/mol. The SMILES string of the molecule is NC1(C2CCS(=O)(=O)C2)CCCCCC1. The molecule has 1 saturated heterocycles. The Morgan fingerprint density at radius 2 is 1.67 bits per heavy atom. The van der Waals surface area contributed by atoms with Crippen molar-refractivity contribution in [1.82, 2.24) is 0 Å². The van der Waals surface area contributed by atoms with E-state index in [0.29, 0.717) is 11.5 Å². The van der Waals surface area contributed by atoms with Gasteiger partial charge in [0.1, 0.15) is 0 Å². The summed E-state index contributed by atoms with van der Waals surface area (Å²) in [5, 5.41) is 0. The molecule has 0 aromatic carbocycles. The van der Waals surface area contributed by atoms with Crippen LogP contribution in [0.25, 0.3) is 0 Å². The first kappa shape index (κ1) is 11.4. The first-order chi connectivity index (χ1) is 7.02. The highest BCUT2D eigenvalue weighted by Crippen LogP contribution is 2.36. The first-order valence-electron chi connectivity index (χ1n) is 6.01. The van der Waals surface area contributed by atoms with E-state index in [-0.39, 0.29) is 11.5 Å². The van der Waals surface area contributed by atoms with E-state index in [1.165, 1.54) is 25.7 Å². The Bertz CT molecular complexity index is 315. The van der Waals surface area contributed by atoms with Crippen LogP contribution in [0.4, 0.5) is 0 Å². The summed E-state index contributed by atoms with van der Waals surface area (Å²) in [5.41, 5.74) is 6.24. The molecule has 3 nitrogen and oxygen atoms in total. The molecule has 0 radical (unpaired) electrons. The van der Waals surface area contributed by atoms with Crippen molar-refractivity contribution in [2.45, 2.75) is 50.5 Å². The molecule has 1 aliphatic carbocycles. The van der Waals surface area contributed by atoms with Crippen LogP contribution in [0, 0.1) is 5.92 Å². The molecule has 2 N–H and O–H groups in total. The standard InChI is InChI=1S/C11H21NO2S/c12-11(6-3-1-2-4-7-11)10-5-8-15(13,14)9-10/h10H,1-9,12H2. The molecule has 0 spiro atoms. The van der Waals surface area contributed by atoms with Crippen molar-refractivity contribution in [2.24, 2.45) is 11.7 Å². The van der Waals surface area contributed by atoms with E-state index in [2.05, 4.69) is 0 Å². The molecule has 1 heterocycles. The van der Waals surface area contributed by atoms with Crippen LogP contribution in [0.1, 0.15) is 44.9 Å². The van der Waals surface area contributed by atoms with Gasteiger partial charge in [0.25, 0.3) is 0 Å². The van der Waals surface area contributed by atoms with Crippen molar-refractivity contribution in [1.29, 1.82) is 0 Å². The van der Waals surface area contributed by atoms with Gasteiger partial charge in [-0.3, -0.25) is 0 Å². The fourth-order valence-electron chi connectivity index (χ4n) is 3.04. The van der Waals surface area contributed by atoms with Crippen molar-refractivity contribution in [3.63, 3.8) is 0 Å². The third kappa shape index (κ3) is 2.53. The highest BCUT2D eigenvalue weighted by Gasteiger charge is 2.41. The van der Waals surface area contributed by atoms with Gasteiger partial charge in [-0.25, -0.2) is 8.42 Å². The average molecular weight is 231 g/mol. The van der Waals surface area contributed by atoms with Crippen LogP contribution in [0.2, 0.25) is 0 Å². The lowest BCUT2D eigenvalue weighted by molar-refractivity contribution is 0.259. The molecule has 2 rings (SSSR count). The lowest BCUT2D eigenvalue weighted by Crippen LogP contribution is -2.47. The molecule has 0 bridgehead atoms. The van der Waals surface area contributed by atoms with Gasteiger partial charge in [-0.15, -0.1) is 0 Å². The molecule has 4 heteroatoms. The largest absolute Gasteiger partial charge is 0.325 e. The smallest absolute Gasteiger partial charge is 0.150 e. The topological polar surface area (TPSA) is 60.2 Å². The van der Waals surface area contributed by atoms with Crippen LogP contribution in [0.15, 0.2) is 0 Å². The number of hydrogen-bond donors (Lipinski definition) is 1. The van der Waals surface area contributed by atoms with Gasteiger partial charge in [-0.1, -0.05) is 25.7 Å². The minimum Gasteiger partial charge on any atom is -0.325 e. The van der Waals surface area contributed by atoms with Crippen LogP contribution in [0.5, 0.6) is 0 Å². The highest BCUT2D eigenvalue weighted by molar-refractivity contribution is 7.91. The zero-order valence-electron chi connectivity index (χ0n) is 9.24. The van der Waals surface area contributed by atoms with Crippen LogP contribution in [-0.4, -0.2) is 25.5 Å². The summed E-state index contributed by atoms with van der Waals surface area (Å²) in [6.45, 7) is 0. The zero-order valence-corrected chi connectivity index (χ0v) is 10.1. The molecule has 1 atom stereocenters. The summed E-state index contributed by atoms with van der Waals surface area (Å²) in [4.78, 5) is 0. The molecular weight excluding hydrogens is 210 g/mol. The number of sulfone groups is 1. The van der Waals surface area contributed by atoms with E-state index in [4.69, 9.17) is 5.73 Å². The molecule has 1 aliphatic heterocycles. The highest BCUT2D eigenvalue weighted by atomic mass is 32.2. The van der Waals surface area contributed by atoms with Crippen molar-refractivity contribution in [3.05, 3.63) is 0 Å². The van der Waals surface area contributed by atoms with E-state index < -0.39 is 9.84 Å². The van der Waals surface area contributed by atoms with E-state index in [1.54, 1.807) is 0 Å². The van der Waals surface area contributed by atoms with Gasteiger partial charge in [0, 0.05) is 5.54 Å². The Labute approximate surface area is 92.3 Å². The maximum atomic E-state index is 11.5. The molecule has 0 amide bonds. The minimum absolute atomic E-state index is 0.180. The van der Waals surface area contributed by atoms with Gasteiger partial charge in [0.15, 0.2) is 9.84 Å². The second-order valence-corrected chi connectivity index (χ2v) is 7.48. The summed E-state index contributed by atoms with van der Waals surface area (Å²) in [7, 11) is -2.77. The fourth-order valence-corrected chi connectivity index (χ4v) is 4.97. The molecule has 0 aromatic heterocycles. The summed E-state index contributed by atoms with van der Waals surface area (Å²) in [6, 6.07) is 0. The second kappa shape index (κ2) is 4.06. The maximum Gasteiger partial charge on any atom is 0.150 e. The van der Waals surface area contributed by atoms with Crippen LogP contribution >= 0.6 is 0 Å². The molecule has 0 aromatic rings. The van der Waals surface area contributed by atoms with Gasteiger partial charge in [0.2, 0.25) is 0 Å². The van der Waals surface area contributed by atoms with E-state index in [9.17, 15) is 8.42 Å². The van der Waals surface area contributed by atoms with Crippen molar-refractivity contribution in [2.75, 3.05) is 11.5 Å². The van der Waals surface area contributed by atoms with E-state index >= 15 is 0 Å². The lowest BCUT2D eigenvalue weighted by atomic mass is 9.78.